The summed E-state index contributed by atoms with van der Waals surface area (Å²) >= 11 is 0. The van der Waals surface area contributed by atoms with Gasteiger partial charge < -0.3 is 24.5 Å². The fourth-order valence-electron chi connectivity index (χ4n) is 3.04. The van der Waals surface area contributed by atoms with Crippen molar-refractivity contribution in [3.63, 3.8) is 0 Å². The molecule has 0 unspecified atom stereocenters. The summed E-state index contributed by atoms with van der Waals surface area (Å²) in [5.74, 6) is 1.67. The molecule has 2 aliphatic heterocycles. The first-order chi connectivity index (χ1) is 11.7. The molecule has 2 aromatic rings. The maximum absolute atomic E-state index is 12.8. The average Bonchev–Trinajstić information content (AvgIpc) is 3.11. The summed E-state index contributed by atoms with van der Waals surface area (Å²) in [7, 11) is 0. The second-order valence-electron chi connectivity index (χ2n) is 6.02. The summed E-state index contributed by atoms with van der Waals surface area (Å²) < 4.78 is 16.6. The van der Waals surface area contributed by atoms with Gasteiger partial charge >= 0.3 is 0 Å². The number of aromatic nitrogens is 1. The number of oxazole rings is 1. The van der Waals surface area contributed by atoms with E-state index >= 15 is 0 Å². The minimum Gasteiger partial charge on any atom is -0.486 e. The monoisotopic (exact) mass is 401 g/mol. The fourth-order valence-corrected chi connectivity index (χ4v) is 3.04. The van der Waals surface area contributed by atoms with E-state index in [1.165, 1.54) is 6.39 Å². The Bertz CT molecular complexity index is 760. The zero-order valence-electron chi connectivity index (χ0n) is 14.1. The number of hydrogen-bond donors (Lipinski definition) is 1. The molecule has 0 bridgehead atoms. The van der Waals surface area contributed by atoms with Crippen molar-refractivity contribution in [1.82, 2.24) is 9.88 Å². The number of piperidine rings is 1. The molecule has 0 saturated carbocycles. The van der Waals surface area contributed by atoms with Crippen molar-refractivity contribution in [1.29, 1.82) is 0 Å². The fraction of sp³-hybridized carbons (Fsp3) is 0.412. The predicted octanol–water partition coefficient (Wildman–Crippen LogP) is 2.52. The van der Waals surface area contributed by atoms with Gasteiger partial charge in [0.25, 0.3) is 5.91 Å². The van der Waals surface area contributed by atoms with Gasteiger partial charge in [0.05, 0.1) is 0 Å². The minimum atomic E-state index is -0.125. The zero-order chi connectivity index (χ0) is 16.5. The van der Waals surface area contributed by atoms with E-state index in [-0.39, 0.29) is 36.8 Å². The van der Waals surface area contributed by atoms with Crippen molar-refractivity contribution in [2.45, 2.75) is 18.9 Å². The first-order valence-corrected chi connectivity index (χ1v) is 8.11. The Kier molecular flexibility index (Phi) is 6.75. The number of rotatable bonds is 2. The van der Waals surface area contributed by atoms with Crippen LogP contribution >= 0.6 is 24.8 Å². The van der Waals surface area contributed by atoms with Gasteiger partial charge in [0.15, 0.2) is 29.3 Å². The lowest BCUT2D eigenvalue weighted by Gasteiger charge is -2.29. The second kappa shape index (κ2) is 8.62. The third-order valence-corrected chi connectivity index (χ3v) is 4.40. The van der Waals surface area contributed by atoms with Gasteiger partial charge in [0, 0.05) is 24.7 Å². The number of fused-ring (bicyclic) bond motifs is 1. The van der Waals surface area contributed by atoms with Crippen LogP contribution in [0.4, 0.5) is 0 Å². The molecule has 2 N–H and O–H groups in total. The summed E-state index contributed by atoms with van der Waals surface area (Å²) in [5, 5.41) is 0. The molecule has 142 valence electrons. The van der Waals surface area contributed by atoms with Gasteiger partial charge in [-0.05, 0) is 31.0 Å². The second-order valence-corrected chi connectivity index (χ2v) is 6.02. The van der Waals surface area contributed by atoms with Gasteiger partial charge in [-0.1, -0.05) is 0 Å². The Morgan fingerprint density at radius 1 is 1.12 bits per heavy atom. The van der Waals surface area contributed by atoms with Crippen LogP contribution in [0.15, 0.2) is 29.0 Å². The van der Waals surface area contributed by atoms with Gasteiger partial charge in [-0.25, -0.2) is 4.98 Å². The molecule has 0 spiro atoms. The van der Waals surface area contributed by atoms with Crippen molar-refractivity contribution in [2.24, 2.45) is 5.73 Å². The summed E-state index contributed by atoms with van der Waals surface area (Å²) in [5.41, 5.74) is 6.97. The van der Waals surface area contributed by atoms with Crippen molar-refractivity contribution in [3.05, 3.63) is 30.3 Å². The number of nitrogens with two attached hydrogens (primary N) is 1. The SMILES string of the molecule is Cl.Cl.NC1CCN(C(=O)c2ncoc2-c2ccc3c(c2)OCCO3)CC1. The Balaban J connectivity index is 0.00000121. The molecule has 4 rings (SSSR count). The zero-order valence-corrected chi connectivity index (χ0v) is 15.7. The summed E-state index contributed by atoms with van der Waals surface area (Å²) in [4.78, 5) is 18.7. The molecule has 26 heavy (non-hydrogen) atoms. The first kappa shape index (κ1) is 20.4. The highest BCUT2D eigenvalue weighted by atomic mass is 35.5. The van der Waals surface area contributed by atoms with Gasteiger partial charge in [-0.2, -0.15) is 0 Å². The summed E-state index contributed by atoms with van der Waals surface area (Å²) in [6, 6.07) is 5.65. The lowest BCUT2D eigenvalue weighted by molar-refractivity contribution is 0.0710. The van der Waals surface area contributed by atoms with E-state index in [9.17, 15) is 4.79 Å². The smallest absolute Gasteiger partial charge is 0.276 e. The largest absolute Gasteiger partial charge is 0.486 e. The van der Waals surface area contributed by atoms with Gasteiger partial charge in [-0.3, -0.25) is 4.79 Å². The number of likely N-dealkylation sites (tertiary alicyclic amines) is 1. The number of halogens is 2. The van der Waals surface area contributed by atoms with E-state index in [1.807, 2.05) is 18.2 Å². The molecule has 1 aromatic carbocycles. The molecule has 9 heteroatoms. The minimum absolute atomic E-state index is 0. The standard InChI is InChI=1S/C17H19N3O4.2ClH/c18-12-3-5-20(6-4-12)17(21)15-16(24-10-19-15)11-1-2-13-14(9-11)23-8-7-22-13;;/h1-2,9-10,12H,3-8,18H2;2*1H. The molecule has 1 aromatic heterocycles. The van der Waals surface area contributed by atoms with Crippen LogP contribution in [0, 0.1) is 0 Å². The Hall–Kier alpha value is -1.96. The number of carbonyl (C=O) groups excluding carboxylic acids is 1. The van der Waals surface area contributed by atoms with Gasteiger partial charge in [0.1, 0.15) is 13.2 Å². The maximum Gasteiger partial charge on any atom is 0.276 e. The van der Waals surface area contributed by atoms with Crippen LogP contribution in [-0.2, 0) is 0 Å². The van der Waals surface area contributed by atoms with E-state index in [1.54, 1.807) is 4.90 Å². The molecule has 0 aliphatic carbocycles. The molecular formula is C17H21Cl2N3O4. The number of hydrogen-bond acceptors (Lipinski definition) is 6. The molecule has 3 heterocycles. The molecule has 0 radical (unpaired) electrons. The number of ether oxygens (including phenoxy) is 2. The molecule has 1 fully saturated rings. The van der Waals surface area contributed by atoms with Crippen LogP contribution in [-0.4, -0.2) is 48.1 Å². The number of nitrogens with zero attached hydrogens (tertiary/aromatic N) is 2. The molecule has 1 saturated heterocycles. The first-order valence-electron chi connectivity index (χ1n) is 8.11. The molecule has 0 atom stereocenters. The van der Waals surface area contributed by atoms with E-state index in [2.05, 4.69) is 4.98 Å². The van der Waals surface area contributed by atoms with E-state index in [0.717, 1.165) is 18.4 Å². The average molecular weight is 402 g/mol. The Morgan fingerprint density at radius 3 is 2.54 bits per heavy atom. The van der Waals surface area contributed by atoms with Crippen molar-refractivity contribution in [2.75, 3.05) is 26.3 Å². The highest BCUT2D eigenvalue weighted by Gasteiger charge is 2.27. The van der Waals surface area contributed by atoms with Crippen LogP contribution < -0.4 is 15.2 Å². The van der Waals surface area contributed by atoms with E-state index in [0.29, 0.717) is 49.3 Å². The van der Waals surface area contributed by atoms with E-state index < -0.39 is 0 Å². The number of benzene rings is 1. The summed E-state index contributed by atoms with van der Waals surface area (Å²) in [6.45, 7) is 2.34. The maximum atomic E-state index is 12.8. The number of amides is 1. The molecule has 7 nitrogen and oxygen atoms in total. The van der Waals surface area contributed by atoms with Crippen molar-refractivity contribution in [3.8, 4) is 22.8 Å². The van der Waals surface area contributed by atoms with E-state index in [4.69, 9.17) is 19.6 Å². The third kappa shape index (κ3) is 3.90. The van der Waals surface area contributed by atoms with Crippen LogP contribution in [0.2, 0.25) is 0 Å². The van der Waals surface area contributed by atoms with Gasteiger partial charge in [-0.15, -0.1) is 24.8 Å². The van der Waals surface area contributed by atoms with Crippen LogP contribution in [0.5, 0.6) is 11.5 Å². The molecule has 2 aliphatic rings. The Labute approximate surface area is 163 Å². The quantitative estimate of drug-likeness (QED) is 0.830. The van der Waals surface area contributed by atoms with Crippen molar-refractivity contribution >= 4 is 30.7 Å². The highest BCUT2D eigenvalue weighted by molar-refractivity contribution is 5.97. The molecular weight excluding hydrogens is 381 g/mol. The third-order valence-electron chi connectivity index (χ3n) is 4.40. The van der Waals surface area contributed by atoms with Crippen LogP contribution in [0.3, 0.4) is 0 Å². The Morgan fingerprint density at radius 2 is 1.81 bits per heavy atom. The van der Waals surface area contributed by atoms with Crippen molar-refractivity contribution < 1.29 is 18.7 Å². The highest BCUT2D eigenvalue weighted by Crippen LogP contribution is 2.35. The lowest BCUT2D eigenvalue weighted by Crippen LogP contribution is -2.43. The summed E-state index contributed by atoms with van der Waals surface area (Å²) in [6.07, 6.45) is 2.92. The predicted molar refractivity (Wildman–Crippen MR) is 101 cm³/mol. The van der Waals surface area contributed by atoms with Crippen LogP contribution in [0.1, 0.15) is 23.3 Å². The molecule has 1 amide bonds. The normalized spacial score (nSPS) is 16.4. The number of carbonyl (C=O) groups is 1. The van der Waals surface area contributed by atoms with Gasteiger partial charge in [0.2, 0.25) is 0 Å². The lowest BCUT2D eigenvalue weighted by atomic mass is 10.0. The van der Waals surface area contributed by atoms with Crippen LogP contribution in [0.25, 0.3) is 11.3 Å². The topological polar surface area (TPSA) is 90.8 Å².